The number of nitrogens with one attached hydrogen (secondary N) is 1. The molecule has 1 fully saturated rings. The number of benzene rings is 1. The summed E-state index contributed by atoms with van der Waals surface area (Å²) in [5, 5.41) is 2.95. The molecule has 0 aliphatic carbocycles. The third kappa shape index (κ3) is 4.00. The molecule has 2 atom stereocenters. The zero-order valence-electron chi connectivity index (χ0n) is 13.6. The van der Waals surface area contributed by atoms with Crippen molar-refractivity contribution >= 4 is 5.91 Å². The van der Waals surface area contributed by atoms with Gasteiger partial charge < -0.3 is 14.5 Å². The van der Waals surface area contributed by atoms with Gasteiger partial charge in [-0.05, 0) is 31.9 Å². The van der Waals surface area contributed by atoms with Gasteiger partial charge in [-0.15, -0.1) is 0 Å². The number of hydrogen-bond acceptors (Lipinski definition) is 4. The molecular weight excluding hydrogens is 311 g/mol. The highest BCUT2D eigenvalue weighted by Gasteiger charge is 2.23. The minimum atomic E-state index is -0.358. The van der Waals surface area contributed by atoms with Crippen LogP contribution in [0.3, 0.4) is 0 Å². The van der Waals surface area contributed by atoms with Crippen molar-refractivity contribution in [1.82, 2.24) is 10.3 Å². The summed E-state index contributed by atoms with van der Waals surface area (Å²) in [6.45, 7) is 2.72. The normalized spacial score (nSPS) is 18.5. The Morgan fingerprint density at radius 3 is 3.04 bits per heavy atom. The van der Waals surface area contributed by atoms with Crippen molar-refractivity contribution in [2.75, 3.05) is 6.61 Å². The predicted molar refractivity (Wildman–Crippen MR) is 86.8 cm³/mol. The number of carbonyl (C=O) groups is 1. The van der Waals surface area contributed by atoms with Crippen molar-refractivity contribution in [3.8, 4) is 11.3 Å². The van der Waals surface area contributed by atoms with Crippen molar-refractivity contribution in [3.63, 3.8) is 0 Å². The summed E-state index contributed by atoms with van der Waals surface area (Å²) < 4.78 is 24.8. The number of oxazole rings is 1. The highest BCUT2D eigenvalue weighted by molar-refractivity contribution is 5.76. The Balaban J connectivity index is 1.52. The first-order valence-corrected chi connectivity index (χ1v) is 8.24. The summed E-state index contributed by atoms with van der Waals surface area (Å²) in [7, 11) is 0. The van der Waals surface area contributed by atoms with E-state index < -0.39 is 0 Å². The van der Waals surface area contributed by atoms with Crippen LogP contribution in [0.25, 0.3) is 11.3 Å². The SMILES string of the molecule is C[C@H](NC(=O)CCc1ncc(-c2ccccc2F)o1)[C@@H]1CCCO1. The van der Waals surface area contributed by atoms with Gasteiger partial charge in [-0.25, -0.2) is 9.37 Å². The molecule has 0 spiro atoms. The fourth-order valence-corrected chi connectivity index (χ4v) is 2.85. The first-order chi connectivity index (χ1) is 11.6. The minimum absolute atomic E-state index is 0.00136. The third-order valence-electron chi connectivity index (χ3n) is 4.17. The molecule has 0 radical (unpaired) electrons. The molecular formula is C18H21FN2O3. The molecule has 24 heavy (non-hydrogen) atoms. The van der Waals surface area contributed by atoms with Crippen LogP contribution in [0, 0.1) is 5.82 Å². The van der Waals surface area contributed by atoms with Gasteiger partial charge in [-0.2, -0.15) is 0 Å². The number of nitrogens with zero attached hydrogens (tertiary/aromatic N) is 1. The van der Waals surface area contributed by atoms with Crippen LogP contribution in [0.2, 0.25) is 0 Å². The van der Waals surface area contributed by atoms with Crippen molar-refractivity contribution in [2.45, 2.75) is 44.8 Å². The molecule has 1 aliphatic rings. The molecule has 1 N–H and O–H groups in total. The fraction of sp³-hybridized carbons (Fsp3) is 0.444. The van der Waals surface area contributed by atoms with Gasteiger partial charge in [0.05, 0.1) is 23.9 Å². The number of rotatable bonds is 6. The number of hydrogen-bond donors (Lipinski definition) is 1. The molecule has 0 unspecified atom stereocenters. The van der Waals surface area contributed by atoms with Gasteiger partial charge in [-0.1, -0.05) is 12.1 Å². The van der Waals surface area contributed by atoms with Crippen LogP contribution in [0.1, 0.15) is 32.1 Å². The van der Waals surface area contributed by atoms with Gasteiger partial charge >= 0.3 is 0 Å². The van der Waals surface area contributed by atoms with Crippen LogP contribution in [-0.2, 0) is 16.0 Å². The van der Waals surface area contributed by atoms with E-state index in [0.717, 1.165) is 19.4 Å². The van der Waals surface area contributed by atoms with Crippen molar-refractivity contribution < 1.29 is 18.3 Å². The largest absolute Gasteiger partial charge is 0.441 e. The van der Waals surface area contributed by atoms with Gasteiger partial charge in [0, 0.05) is 19.4 Å². The number of carbonyl (C=O) groups excluding carboxylic acids is 1. The van der Waals surface area contributed by atoms with E-state index in [1.807, 2.05) is 6.92 Å². The van der Waals surface area contributed by atoms with Crippen LogP contribution >= 0.6 is 0 Å². The Bertz CT molecular complexity index is 695. The molecule has 2 heterocycles. The van der Waals surface area contributed by atoms with Crippen LogP contribution in [0.15, 0.2) is 34.9 Å². The summed E-state index contributed by atoms with van der Waals surface area (Å²) >= 11 is 0. The molecule has 1 saturated heterocycles. The molecule has 1 amide bonds. The van der Waals surface area contributed by atoms with E-state index in [1.54, 1.807) is 18.2 Å². The number of amides is 1. The smallest absolute Gasteiger partial charge is 0.220 e. The molecule has 1 aliphatic heterocycles. The number of aryl methyl sites for hydroxylation is 1. The first kappa shape index (κ1) is 16.6. The summed E-state index contributed by atoms with van der Waals surface area (Å²) in [5.41, 5.74) is 0.368. The standard InChI is InChI=1S/C18H21FN2O3/c1-12(15-7-4-10-23-15)21-17(22)8-9-18-20-11-16(24-18)13-5-2-3-6-14(13)19/h2-3,5-6,11-12,15H,4,7-10H2,1H3,(H,21,22)/t12-,15-/m0/s1. The van der Waals surface area contributed by atoms with Crippen LogP contribution in [0.4, 0.5) is 4.39 Å². The predicted octanol–water partition coefficient (Wildman–Crippen LogP) is 3.10. The molecule has 3 rings (SSSR count). The molecule has 0 bridgehead atoms. The van der Waals surface area contributed by atoms with Gasteiger partial charge in [0.15, 0.2) is 11.7 Å². The van der Waals surface area contributed by atoms with E-state index in [9.17, 15) is 9.18 Å². The van der Waals surface area contributed by atoms with Gasteiger partial charge in [-0.3, -0.25) is 4.79 Å². The van der Waals surface area contributed by atoms with Gasteiger partial charge in [0.2, 0.25) is 5.91 Å². The average molecular weight is 332 g/mol. The molecule has 2 aromatic rings. The fourth-order valence-electron chi connectivity index (χ4n) is 2.85. The monoisotopic (exact) mass is 332 g/mol. The average Bonchev–Trinajstić information content (AvgIpc) is 3.25. The van der Waals surface area contributed by atoms with E-state index in [1.165, 1.54) is 12.3 Å². The maximum absolute atomic E-state index is 13.7. The van der Waals surface area contributed by atoms with Crippen molar-refractivity contribution in [1.29, 1.82) is 0 Å². The summed E-state index contributed by atoms with van der Waals surface area (Å²) in [6.07, 6.45) is 4.25. The van der Waals surface area contributed by atoms with Crippen molar-refractivity contribution in [2.24, 2.45) is 0 Å². The Hall–Kier alpha value is -2.21. The maximum Gasteiger partial charge on any atom is 0.220 e. The third-order valence-corrected chi connectivity index (χ3v) is 4.17. The van der Waals surface area contributed by atoms with Crippen LogP contribution < -0.4 is 5.32 Å². The van der Waals surface area contributed by atoms with Gasteiger partial charge in [0.1, 0.15) is 5.82 Å². The molecule has 6 heteroatoms. The second-order valence-corrected chi connectivity index (χ2v) is 6.01. The minimum Gasteiger partial charge on any atom is -0.441 e. The summed E-state index contributed by atoms with van der Waals surface area (Å²) in [6, 6.07) is 6.36. The van der Waals surface area contributed by atoms with E-state index in [0.29, 0.717) is 23.6 Å². The quantitative estimate of drug-likeness (QED) is 0.883. The summed E-state index contributed by atoms with van der Waals surface area (Å²) in [5.74, 6) is 0.372. The van der Waals surface area contributed by atoms with E-state index in [4.69, 9.17) is 9.15 Å². The molecule has 1 aromatic heterocycles. The van der Waals surface area contributed by atoms with E-state index in [2.05, 4.69) is 10.3 Å². The number of aromatic nitrogens is 1. The second-order valence-electron chi connectivity index (χ2n) is 6.01. The zero-order valence-corrected chi connectivity index (χ0v) is 13.6. The van der Waals surface area contributed by atoms with E-state index in [-0.39, 0.29) is 30.3 Å². The zero-order chi connectivity index (χ0) is 16.9. The molecule has 128 valence electrons. The van der Waals surface area contributed by atoms with Crippen LogP contribution in [-0.4, -0.2) is 29.6 Å². The number of halogens is 1. The molecule has 5 nitrogen and oxygen atoms in total. The lowest BCUT2D eigenvalue weighted by atomic mass is 10.1. The van der Waals surface area contributed by atoms with Crippen molar-refractivity contribution in [3.05, 3.63) is 42.2 Å². The topological polar surface area (TPSA) is 64.4 Å². The summed E-state index contributed by atoms with van der Waals surface area (Å²) in [4.78, 5) is 16.1. The van der Waals surface area contributed by atoms with E-state index >= 15 is 0 Å². The van der Waals surface area contributed by atoms with Crippen LogP contribution in [0.5, 0.6) is 0 Å². The highest BCUT2D eigenvalue weighted by atomic mass is 19.1. The first-order valence-electron chi connectivity index (χ1n) is 8.24. The number of ether oxygens (including phenoxy) is 1. The Morgan fingerprint density at radius 2 is 2.29 bits per heavy atom. The Kier molecular flexibility index (Phi) is 5.25. The molecule has 1 aromatic carbocycles. The highest BCUT2D eigenvalue weighted by Crippen LogP contribution is 2.23. The van der Waals surface area contributed by atoms with Gasteiger partial charge in [0.25, 0.3) is 0 Å². The molecule has 0 saturated carbocycles. The Morgan fingerprint density at radius 1 is 1.46 bits per heavy atom. The lowest BCUT2D eigenvalue weighted by molar-refractivity contribution is -0.122. The second kappa shape index (κ2) is 7.57. The lowest BCUT2D eigenvalue weighted by Crippen LogP contribution is -2.40. The Labute approximate surface area is 140 Å². The maximum atomic E-state index is 13.7. The lowest BCUT2D eigenvalue weighted by Gasteiger charge is -2.19.